The lowest BCUT2D eigenvalue weighted by atomic mass is 9.90. The van der Waals surface area contributed by atoms with E-state index in [1.807, 2.05) is 91.0 Å². The van der Waals surface area contributed by atoms with E-state index in [-0.39, 0.29) is 19.1 Å². The number of nitrogens with one attached hydrogen (secondary N) is 1. The molecule has 3 unspecified atom stereocenters. The van der Waals surface area contributed by atoms with Crippen molar-refractivity contribution in [1.29, 1.82) is 0 Å². The molecule has 4 rings (SSSR count). The molecule has 210 valence electrons. The molecule has 1 N–H and O–H groups in total. The third kappa shape index (κ3) is 8.91. The molecule has 0 saturated carbocycles. The molecule has 0 radical (unpaired) electrons. The van der Waals surface area contributed by atoms with Gasteiger partial charge in [-0.2, -0.15) is 0 Å². The summed E-state index contributed by atoms with van der Waals surface area (Å²) < 4.78 is 25.7. The van der Waals surface area contributed by atoms with Crippen molar-refractivity contribution in [2.45, 2.75) is 63.6 Å². The molecule has 1 fully saturated rings. The summed E-state index contributed by atoms with van der Waals surface area (Å²) in [6.07, 6.45) is -1.66. The number of hydrogen-bond acceptors (Lipinski definition) is 6. The fourth-order valence-electron chi connectivity index (χ4n) is 4.84. The second kappa shape index (κ2) is 15.8. The van der Waals surface area contributed by atoms with E-state index in [4.69, 9.17) is 24.5 Å². The fourth-order valence-corrected chi connectivity index (χ4v) is 4.84. The Morgan fingerprint density at radius 2 is 1.35 bits per heavy atom. The Morgan fingerprint density at radius 1 is 0.825 bits per heavy atom. The second-order valence-electron chi connectivity index (χ2n) is 9.71. The van der Waals surface area contributed by atoms with Crippen molar-refractivity contribution >= 4 is 5.91 Å². The zero-order chi connectivity index (χ0) is 28.0. The average molecular weight is 545 g/mol. The van der Waals surface area contributed by atoms with Crippen LogP contribution in [0, 0.1) is 0 Å². The lowest BCUT2D eigenvalue weighted by Gasteiger charge is -2.46. The molecule has 1 aliphatic heterocycles. The van der Waals surface area contributed by atoms with Gasteiger partial charge in [0, 0.05) is 18.4 Å². The Hall–Kier alpha value is -3.72. The molecule has 40 heavy (non-hydrogen) atoms. The Bertz CT molecular complexity index is 1210. The number of hydrogen-bond donors (Lipinski definition) is 1. The van der Waals surface area contributed by atoms with Crippen LogP contribution in [0.4, 0.5) is 0 Å². The number of carbonyl (C=O) groups is 1. The van der Waals surface area contributed by atoms with E-state index in [0.717, 1.165) is 16.7 Å². The van der Waals surface area contributed by atoms with E-state index in [0.29, 0.717) is 26.2 Å². The SMILES string of the molecule is CC(=O)NC1C(OCc2ccccc2)[C@H](OCc2ccccc2)C(COCc2ccccc2)O[C@@H]1CCN=[N+]=[N-]. The first-order chi connectivity index (χ1) is 19.6. The van der Waals surface area contributed by atoms with Gasteiger partial charge in [0.2, 0.25) is 5.91 Å². The molecule has 0 aromatic heterocycles. The summed E-state index contributed by atoms with van der Waals surface area (Å²) in [6, 6.07) is 29.1. The van der Waals surface area contributed by atoms with Crippen LogP contribution in [0.1, 0.15) is 30.0 Å². The summed E-state index contributed by atoms with van der Waals surface area (Å²) in [5.74, 6) is -0.212. The van der Waals surface area contributed by atoms with E-state index in [2.05, 4.69) is 15.3 Å². The Kier molecular flexibility index (Phi) is 11.5. The largest absolute Gasteiger partial charge is 0.374 e. The zero-order valence-corrected chi connectivity index (χ0v) is 22.7. The number of azide groups is 1. The van der Waals surface area contributed by atoms with Crippen LogP contribution in [-0.2, 0) is 43.6 Å². The molecular weight excluding hydrogens is 508 g/mol. The van der Waals surface area contributed by atoms with Crippen molar-refractivity contribution in [2.24, 2.45) is 5.11 Å². The highest BCUT2D eigenvalue weighted by molar-refractivity contribution is 5.73. The molecule has 0 aliphatic carbocycles. The van der Waals surface area contributed by atoms with Gasteiger partial charge in [-0.1, -0.05) is 96.1 Å². The minimum absolute atomic E-state index is 0.212. The normalized spacial score (nSPS) is 22.3. The molecule has 1 aliphatic rings. The highest BCUT2D eigenvalue weighted by Crippen LogP contribution is 2.30. The number of amides is 1. The third-order valence-electron chi connectivity index (χ3n) is 6.71. The molecular formula is C31H36N4O5. The van der Waals surface area contributed by atoms with E-state index >= 15 is 0 Å². The fraction of sp³-hybridized carbons (Fsp3) is 0.387. The first-order valence-corrected chi connectivity index (χ1v) is 13.5. The van der Waals surface area contributed by atoms with Crippen LogP contribution >= 0.6 is 0 Å². The molecule has 3 aromatic carbocycles. The molecule has 9 heteroatoms. The highest BCUT2D eigenvalue weighted by atomic mass is 16.6. The first kappa shape index (κ1) is 29.3. The van der Waals surface area contributed by atoms with Gasteiger partial charge in [0.1, 0.15) is 18.3 Å². The van der Waals surface area contributed by atoms with Crippen LogP contribution in [0.2, 0.25) is 0 Å². The summed E-state index contributed by atoms with van der Waals surface area (Å²) in [7, 11) is 0. The van der Waals surface area contributed by atoms with Crippen molar-refractivity contribution in [3.63, 3.8) is 0 Å². The summed E-state index contributed by atoms with van der Waals surface area (Å²) >= 11 is 0. The molecule has 1 heterocycles. The average Bonchev–Trinajstić information content (AvgIpc) is 2.98. The van der Waals surface area contributed by atoms with Gasteiger partial charge in [-0.25, -0.2) is 0 Å². The van der Waals surface area contributed by atoms with Crippen LogP contribution in [0.5, 0.6) is 0 Å². The lowest BCUT2D eigenvalue weighted by molar-refractivity contribution is -0.233. The van der Waals surface area contributed by atoms with E-state index in [1.54, 1.807) is 0 Å². The highest BCUT2D eigenvalue weighted by Gasteiger charge is 2.47. The second-order valence-corrected chi connectivity index (χ2v) is 9.71. The smallest absolute Gasteiger partial charge is 0.217 e. The molecule has 0 bridgehead atoms. The molecule has 1 amide bonds. The number of carbonyl (C=O) groups excluding carboxylic acids is 1. The van der Waals surface area contributed by atoms with Crippen LogP contribution < -0.4 is 5.32 Å². The van der Waals surface area contributed by atoms with Gasteiger partial charge in [0.05, 0.1) is 38.6 Å². The quantitative estimate of drug-likeness (QED) is 0.167. The first-order valence-electron chi connectivity index (χ1n) is 13.5. The Morgan fingerprint density at radius 3 is 1.88 bits per heavy atom. The zero-order valence-electron chi connectivity index (χ0n) is 22.7. The maximum atomic E-state index is 12.3. The van der Waals surface area contributed by atoms with Gasteiger partial charge in [-0.05, 0) is 28.6 Å². The summed E-state index contributed by atoms with van der Waals surface area (Å²) in [5, 5.41) is 6.74. The van der Waals surface area contributed by atoms with Crippen LogP contribution in [0.15, 0.2) is 96.1 Å². The summed E-state index contributed by atoms with van der Waals surface area (Å²) in [4.78, 5) is 15.2. The minimum Gasteiger partial charge on any atom is -0.374 e. The number of ether oxygens (including phenoxy) is 4. The number of rotatable bonds is 14. The maximum Gasteiger partial charge on any atom is 0.217 e. The van der Waals surface area contributed by atoms with Crippen molar-refractivity contribution in [1.82, 2.24) is 5.32 Å². The molecule has 9 nitrogen and oxygen atoms in total. The molecule has 3 aromatic rings. The molecule has 0 spiro atoms. The predicted molar refractivity (Wildman–Crippen MR) is 151 cm³/mol. The maximum absolute atomic E-state index is 12.3. The monoisotopic (exact) mass is 544 g/mol. The van der Waals surface area contributed by atoms with Crippen molar-refractivity contribution in [2.75, 3.05) is 13.2 Å². The van der Waals surface area contributed by atoms with Crippen molar-refractivity contribution in [3.8, 4) is 0 Å². The number of nitrogens with zero attached hydrogens (tertiary/aromatic N) is 3. The summed E-state index contributed by atoms with van der Waals surface area (Å²) in [6.45, 7) is 3.02. The number of benzene rings is 3. The van der Waals surface area contributed by atoms with Crippen LogP contribution in [0.3, 0.4) is 0 Å². The van der Waals surface area contributed by atoms with Gasteiger partial charge in [-0.3, -0.25) is 4.79 Å². The van der Waals surface area contributed by atoms with Gasteiger partial charge in [-0.15, -0.1) is 0 Å². The van der Waals surface area contributed by atoms with Gasteiger partial charge in [0.15, 0.2) is 0 Å². The summed E-state index contributed by atoms with van der Waals surface area (Å²) in [5.41, 5.74) is 11.9. The standard InChI is InChI=1S/C31H36N4O5/c1-23(36)34-29-27(17-18-33-35-32)40-28(22-37-19-24-11-5-2-6-12-24)30(38-20-25-13-7-3-8-14-25)31(29)39-21-26-15-9-4-10-16-26/h2-16,27-31H,17-22H2,1H3,(H,34,36)/t27-,28?,29?,30-,31?/m1/s1. The minimum atomic E-state index is -0.553. The predicted octanol–water partition coefficient (Wildman–Crippen LogP) is 5.35. The topological polar surface area (TPSA) is 115 Å². The Balaban J connectivity index is 1.60. The lowest BCUT2D eigenvalue weighted by Crippen LogP contribution is -2.65. The van der Waals surface area contributed by atoms with Crippen molar-refractivity contribution in [3.05, 3.63) is 118 Å². The van der Waals surface area contributed by atoms with Gasteiger partial charge < -0.3 is 24.3 Å². The molecule has 1 saturated heterocycles. The van der Waals surface area contributed by atoms with Gasteiger partial charge in [0.25, 0.3) is 0 Å². The van der Waals surface area contributed by atoms with E-state index in [9.17, 15) is 4.79 Å². The van der Waals surface area contributed by atoms with E-state index in [1.165, 1.54) is 6.92 Å². The van der Waals surface area contributed by atoms with Crippen molar-refractivity contribution < 1.29 is 23.7 Å². The van der Waals surface area contributed by atoms with E-state index < -0.39 is 30.5 Å². The Labute approximate surface area is 235 Å². The van der Waals surface area contributed by atoms with Gasteiger partial charge >= 0.3 is 0 Å². The third-order valence-corrected chi connectivity index (χ3v) is 6.71. The molecule has 5 atom stereocenters. The van der Waals surface area contributed by atoms with Crippen LogP contribution in [0.25, 0.3) is 10.4 Å². The van der Waals surface area contributed by atoms with Crippen LogP contribution in [-0.4, -0.2) is 49.5 Å².